The minimum atomic E-state index is -0.118. The third kappa shape index (κ3) is 5.44. The molecule has 0 bridgehead atoms. The van der Waals surface area contributed by atoms with E-state index in [0.29, 0.717) is 19.6 Å². The molecule has 132 valence electrons. The summed E-state index contributed by atoms with van der Waals surface area (Å²) < 4.78 is 5.56. The lowest BCUT2D eigenvalue weighted by molar-refractivity contribution is -0.124. The van der Waals surface area contributed by atoms with Crippen LogP contribution in [0, 0.1) is 6.92 Å². The first-order valence-electron chi connectivity index (χ1n) is 8.60. The number of rotatable bonds is 6. The molecule has 0 atom stereocenters. The zero-order chi connectivity index (χ0) is 17.4. The Morgan fingerprint density at radius 3 is 2.62 bits per heavy atom. The van der Waals surface area contributed by atoms with Gasteiger partial charge in [-0.25, -0.2) is 4.79 Å². The summed E-state index contributed by atoms with van der Waals surface area (Å²) in [4.78, 5) is 25.7. The number of aryl methyl sites for hydroxylation is 1. The third-order valence-corrected chi connectivity index (χ3v) is 4.13. The summed E-state index contributed by atoms with van der Waals surface area (Å²) in [6, 6.07) is 7.73. The maximum atomic E-state index is 12.0. The lowest BCUT2D eigenvalue weighted by Gasteiger charge is -2.32. The van der Waals surface area contributed by atoms with E-state index in [-0.39, 0.29) is 24.6 Å². The zero-order valence-electron chi connectivity index (χ0n) is 14.5. The van der Waals surface area contributed by atoms with E-state index in [4.69, 9.17) is 4.74 Å². The topological polar surface area (TPSA) is 70.7 Å². The Labute approximate surface area is 143 Å². The number of para-hydroxylation sites is 1. The van der Waals surface area contributed by atoms with Gasteiger partial charge in [-0.2, -0.15) is 0 Å². The van der Waals surface area contributed by atoms with Gasteiger partial charge in [-0.15, -0.1) is 0 Å². The second-order valence-electron chi connectivity index (χ2n) is 6.11. The van der Waals surface area contributed by atoms with Gasteiger partial charge in [0.05, 0.1) is 0 Å². The number of likely N-dealkylation sites (tertiary alicyclic amines) is 1. The van der Waals surface area contributed by atoms with Gasteiger partial charge in [-0.3, -0.25) is 4.79 Å². The van der Waals surface area contributed by atoms with Crippen LogP contribution in [0.1, 0.15) is 31.7 Å². The lowest BCUT2D eigenvalue weighted by Crippen LogP contribution is -2.50. The molecule has 0 radical (unpaired) electrons. The number of carbonyl (C=O) groups is 2. The SMILES string of the molecule is CCCNC(=O)N1CCC(NC(=O)COc2ccccc2C)CC1. The van der Waals surface area contributed by atoms with Gasteiger partial charge in [0.15, 0.2) is 6.61 Å². The van der Waals surface area contributed by atoms with Gasteiger partial charge in [0.1, 0.15) is 5.75 Å². The molecule has 1 aliphatic heterocycles. The average Bonchev–Trinajstić information content (AvgIpc) is 2.59. The first kappa shape index (κ1) is 18.1. The van der Waals surface area contributed by atoms with Gasteiger partial charge in [0, 0.05) is 25.7 Å². The molecule has 2 N–H and O–H groups in total. The van der Waals surface area contributed by atoms with Gasteiger partial charge < -0.3 is 20.3 Å². The second-order valence-corrected chi connectivity index (χ2v) is 6.11. The minimum Gasteiger partial charge on any atom is -0.484 e. The van der Waals surface area contributed by atoms with E-state index in [1.54, 1.807) is 0 Å². The summed E-state index contributed by atoms with van der Waals surface area (Å²) in [6.45, 7) is 6.03. The van der Waals surface area contributed by atoms with Crippen LogP contribution in [0.2, 0.25) is 0 Å². The predicted octanol–water partition coefficient (Wildman–Crippen LogP) is 2.07. The number of piperidine rings is 1. The number of carbonyl (C=O) groups excluding carboxylic acids is 2. The van der Waals surface area contributed by atoms with E-state index in [1.165, 1.54) is 0 Å². The van der Waals surface area contributed by atoms with E-state index < -0.39 is 0 Å². The molecule has 6 nitrogen and oxygen atoms in total. The third-order valence-electron chi connectivity index (χ3n) is 4.13. The highest BCUT2D eigenvalue weighted by molar-refractivity contribution is 5.78. The van der Waals surface area contributed by atoms with Crippen molar-refractivity contribution in [1.82, 2.24) is 15.5 Å². The van der Waals surface area contributed by atoms with Crippen LogP contribution in [0.5, 0.6) is 5.75 Å². The van der Waals surface area contributed by atoms with Crippen LogP contribution in [0.15, 0.2) is 24.3 Å². The van der Waals surface area contributed by atoms with Crippen molar-refractivity contribution in [3.05, 3.63) is 29.8 Å². The molecule has 0 unspecified atom stereocenters. The number of benzene rings is 1. The molecule has 0 aromatic heterocycles. The molecule has 3 amide bonds. The van der Waals surface area contributed by atoms with Crippen molar-refractivity contribution in [1.29, 1.82) is 0 Å². The smallest absolute Gasteiger partial charge is 0.317 e. The minimum absolute atomic E-state index is 0.00971. The number of nitrogens with zero attached hydrogens (tertiary/aromatic N) is 1. The van der Waals surface area contributed by atoms with Crippen molar-refractivity contribution < 1.29 is 14.3 Å². The normalized spacial score (nSPS) is 15.0. The number of urea groups is 1. The van der Waals surface area contributed by atoms with Crippen LogP contribution in [0.4, 0.5) is 4.79 Å². The molecule has 2 rings (SSSR count). The Morgan fingerprint density at radius 2 is 1.96 bits per heavy atom. The maximum Gasteiger partial charge on any atom is 0.317 e. The van der Waals surface area contributed by atoms with Crippen molar-refractivity contribution in [2.75, 3.05) is 26.2 Å². The number of nitrogens with one attached hydrogen (secondary N) is 2. The molecule has 0 aliphatic carbocycles. The quantitative estimate of drug-likeness (QED) is 0.837. The Kier molecular flexibility index (Phi) is 6.90. The van der Waals surface area contributed by atoms with Crippen LogP contribution < -0.4 is 15.4 Å². The van der Waals surface area contributed by atoms with E-state index in [1.807, 2.05) is 43.0 Å². The standard InChI is InChI=1S/C18H27N3O3/c1-3-10-19-18(23)21-11-8-15(9-12-21)20-17(22)13-24-16-7-5-4-6-14(16)2/h4-7,15H,3,8-13H2,1-2H3,(H,19,23)(H,20,22). The van der Waals surface area contributed by atoms with Crippen LogP contribution >= 0.6 is 0 Å². The number of amides is 3. The van der Waals surface area contributed by atoms with E-state index in [0.717, 1.165) is 30.6 Å². The van der Waals surface area contributed by atoms with Crippen molar-refractivity contribution in [3.63, 3.8) is 0 Å². The fraction of sp³-hybridized carbons (Fsp3) is 0.556. The Balaban J connectivity index is 1.69. The van der Waals surface area contributed by atoms with Crippen LogP contribution in [-0.2, 0) is 4.79 Å². The molecular formula is C18H27N3O3. The highest BCUT2D eigenvalue weighted by Crippen LogP contribution is 2.16. The number of hydrogen-bond donors (Lipinski definition) is 2. The molecule has 1 fully saturated rings. The largest absolute Gasteiger partial charge is 0.484 e. The molecule has 24 heavy (non-hydrogen) atoms. The summed E-state index contributed by atoms with van der Waals surface area (Å²) in [5.41, 5.74) is 1.01. The summed E-state index contributed by atoms with van der Waals surface area (Å²) in [5.74, 6) is 0.613. The van der Waals surface area contributed by atoms with Gasteiger partial charge >= 0.3 is 6.03 Å². The van der Waals surface area contributed by atoms with Gasteiger partial charge in [0.2, 0.25) is 0 Å². The van der Waals surface area contributed by atoms with Gasteiger partial charge in [-0.05, 0) is 37.8 Å². The van der Waals surface area contributed by atoms with Crippen LogP contribution in [0.25, 0.3) is 0 Å². The molecule has 6 heteroatoms. The van der Waals surface area contributed by atoms with Crippen molar-refractivity contribution in [2.24, 2.45) is 0 Å². The lowest BCUT2D eigenvalue weighted by atomic mass is 10.1. The van der Waals surface area contributed by atoms with Gasteiger partial charge in [-0.1, -0.05) is 25.1 Å². The van der Waals surface area contributed by atoms with Crippen LogP contribution in [0.3, 0.4) is 0 Å². The summed E-state index contributed by atoms with van der Waals surface area (Å²) in [5, 5.41) is 5.87. The molecule has 1 heterocycles. The highest BCUT2D eigenvalue weighted by atomic mass is 16.5. The van der Waals surface area contributed by atoms with Crippen molar-refractivity contribution in [2.45, 2.75) is 39.2 Å². The predicted molar refractivity (Wildman–Crippen MR) is 93.1 cm³/mol. The molecule has 1 aromatic carbocycles. The molecular weight excluding hydrogens is 306 g/mol. The molecule has 1 saturated heterocycles. The monoisotopic (exact) mass is 333 g/mol. The Bertz CT molecular complexity index is 554. The van der Waals surface area contributed by atoms with Crippen LogP contribution in [-0.4, -0.2) is 49.1 Å². The maximum absolute atomic E-state index is 12.0. The average molecular weight is 333 g/mol. The first-order valence-corrected chi connectivity index (χ1v) is 8.60. The first-order chi connectivity index (χ1) is 11.6. The van der Waals surface area contributed by atoms with E-state index in [2.05, 4.69) is 10.6 Å². The number of hydrogen-bond acceptors (Lipinski definition) is 3. The fourth-order valence-electron chi connectivity index (χ4n) is 2.70. The second kappa shape index (κ2) is 9.15. The van der Waals surface area contributed by atoms with E-state index in [9.17, 15) is 9.59 Å². The summed E-state index contributed by atoms with van der Waals surface area (Å²) in [7, 11) is 0. The number of ether oxygens (including phenoxy) is 1. The molecule has 1 aromatic rings. The van der Waals surface area contributed by atoms with Crippen molar-refractivity contribution in [3.8, 4) is 5.75 Å². The van der Waals surface area contributed by atoms with E-state index >= 15 is 0 Å². The molecule has 0 spiro atoms. The fourth-order valence-corrected chi connectivity index (χ4v) is 2.70. The Morgan fingerprint density at radius 1 is 1.25 bits per heavy atom. The molecule has 0 saturated carbocycles. The zero-order valence-corrected chi connectivity index (χ0v) is 14.5. The molecule has 1 aliphatic rings. The van der Waals surface area contributed by atoms with Crippen molar-refractivity contribution >= 4 is 11.9 Å². The van der Waals surface area contributed by atoms with Gasteiger partial charge in [0.25, 0.3) is 5.91 Å². The summed E-state index contributed by atoms with van der Waals surface area (Å²) >= 11 is 0. The summed E-state index contributed by atoms with van der Waals surface area (Å²) in [6.07, 6.45) is 2.48. The Hall–Kier alpha value is -2.24. The highest BCUT2D eigenvalue weighted by Gasteiger charge is 2.23.